The molecular weight excluding hydrogens is 275 g/mol. The van der Waals surface area contributed by atoms with E-state index in [1.807, 2.05) is 0 Å². The van der Waals surface area contributed by atoms with Crippen molar-refractivity contribution in [3.63, 3.8) is 0 Å². The lowest BCUT2D eigenvalue weighted by molar-refractivity contribution is -0.120. The first kappa shape index (κ1) is 14.7. The molecule has 0 aliphatic heterocycles. The van der Waals surface area contributed by atoms with Gasteiger partial charge in [-0.2, -0.15) is 0 Å². The Morgan fingerprint density at radius 2 is 1.95 bits per heavy atom. The Bertz CT molecular complexity index is 637. The molecule has 2 aromatic rings. The van der Waals surface area contributed by atoms with Crippen molar-refractivity contribution in [3.8, 4) is 5.69 Å². The van der Waals surface area contributed by atoms with Gasteiger partial charge < -0.3 is 10.6 Å². The highest BCUT2D eigenvalue weighted by Gasteiger charge is 2.13. The number of carbonyl (C=O) groups excluding carboxylic acids is 2. The van der Waals surface area contributed by atoms with E-state index >= 15 is 0 Å². The SMILES string of the molecule is CCNC(=O)CNC(=O)c1cncn1-c1ccc(F)cc1. The molecule has 0 radical (unpaired) electrons. The third-order valence-corrected chi connectivity index (χ3v) is 2.76. The average molecular weight is 290 g/mol. The first-order chi connectivity index (χ1) is 10.1. The van der Waals surface area contributed by atoms with Gasteiger partial charge >= 0.3 is 0 Å². The minimum absolute atomic E-state index is 0.110. The van der Waals surface area contributed by atoms with Crippen molar-refractivity contribution in [2.75, 3.05) is 13.1 Å². The van der Waals surface area contributed by atoms with Gasteiger partial charge in [0.25, 0.3) is 5.91 Å². The Labute approximate surface area is 121 Å². The fraction of sp³-hybridized carbons (Fsp3) is 0.214. The summed E-state index contributed by atoms with van der Waals surface area (Å²) in [6.07, 6.45) is 2.84. The minimum atomic E-state index is -0.428. The van der Waals surface area contributed by atoms with Gasteiger partial charge in [-0.25, -0.2) is 9.37 Å². The molecule has 0 unspecified atom stereocenters. The Morgan fingerprint density at radius 1 is 1.24 bits per heavy atom. The van der Waals surface area contributed by atoms with Crippen molar-refractivity contribution in [2.45, 2.75) is 6.92 Å². The number of aromatic nitrogens is 2. The molecule has 1 aromatic carbocycles. The van der Waals surface area contributed by atoms with Crippen LogP contribution >= 0.6 is 0 Å². The summed E-state index contributed by atoms with van der Waals surface area (Å²) in [5.41, 5.74) is 0.878. The van der Waals surface area contributed by atoms with Gasteiger partial charge in [0, 0.05) is 12.2 Å². The molecule has 6 nitrogen and oxygen atoms in total. The minimum Gasteiger partial charge on any atom is -0.355 e. The molecule has 110 valence electrons. The van der Waals surface area contributed by atoms with Gasteiger partial charge in [-0.15, -0.1) is 0 Å². The van der Waals surface area contributed by atoms with Crippen LogP contribution in [0.15, 0.2) is 36.8 Å². The quantitative estimate of drug-likeness (QED) is 0.858. The van der Waals surface area contributed by atoms with Gasteiger partial charge in [-0.1, -0.05) is 0 Å². The van der Waals surface area contributed by atoms with Crippen LogP contribution in [0.25, 0.3) is 5.69 Å². The maximum atomic E-state index is 12.9. The van der Waals surface area contributed by atoms with Crippen molar-refractivity contribution in [3.05, 3.63) is 48.3 Å². The molecule has 7 heteroatoms. The lowest BCUT2D eigenvalue weighted by atomic mass is 10.3. The smallest absolute Gasteiger partial charge is 0.270 e. The number of benzene rings is 1. The number of rotatable bonds is 5. The summed E-state index contributed by atoms with van der Waals surface area (Å²) < 4.78 is 14.4. The number of nitrogens with one attached hydrogen (secondary N) is 2. The van der Waals surface area contributed by atoms with Crippen LogP contribution in [0, 0.1) is 5.82 Å². The van der Waals surface area contributed by atoms with E-state index in [1.165, 1.54) is 41.4 Å². The zero-order valence-electron chi connectivity index (χ0n) is 11.5. The van der Waals surface area contributed by atoms with E-state index in [0.29, 0.717) is 12.2 Å². The van der Waals surface area contributed by atoms with Gasteiger partial charge in [0.1, 0.15) is 11.5 Å². The molecule has 2 N–H and O–H groups in total. The van der Waals surface area contributed by atoms with Gasteiger partial charge in [0.05, 0.1) is 19.1 Å². The van der Waals surface area contributed by atoms with Crippen molar-refractivity contribution in [1.29, 1.82) is 0 Å². The first-order valence-corrected chi connectivity index (χ1v) is 6.45. The van der Waals surface area contributed by atoms with E-state index < -0.39 is 5.91 Å². The highest BCUT2D eigenvalue weighted by atomic mass is 19.1. The number of imidazole rings is 1. The molecule has 0 saturated heterocycles. The standard InChI is InChI=1S/C14H15FN4O2/c1-2-17-13(20)8-18-14(21)12-7-16-9-19(12)11-5-3-10(15)4-6-11/h3-7,9H,2,8H2,1H3,(H,17,20)(H,18,21). The van der Waals surface area contributed by atoms with E-state index in [2.05, 4.69) is 15.6 Å². The second kappa shape index (κ2) is 6.65. The Hall–Kier alpha value is -2.70. The maximum Gasteiger partial charge on any atom is 0.270 e. The Morgan fingerprint density at radius 3 is 2.62 bits per heavy atom. The van der Waals surface area contributed by atoms with Crippen molar-refractivity contribution < 1.29 is 14.0 Å². The summed E-state index contributed by atoms with van der Waals surface area (Å²) in [4.78, 5) is 27.3. The fourth-order valence-corrected chi connectivity index (χ4v) is 1.78. The van der Waals surface area contributed by atoms with Gasteiger partial charge in [-0.3, -0.25) is 14.2 Å². The molecule has 0 bridgehead atoms. The van der Waals surface area contributed by atoms with E-state index in [-0.39, 0.29) is 24.0 Å². The second-order valence-corrected chi connectivity index (χ2v) is 4.26. The topological polar surface area (TPSA) is 76.0 Å². The Balaban J connectivity index is 2.11. The van der Waals surface area contributed by atoms with Crippen LogP contribution in [0.2, 0.25) is 0 Å². The molecule has 0 spiro atoms. The number of carbonyl (C=O) groups is 2. The second-order valence-electron chi connectivity index (χ2n) is 4.26. The normalized spacial score (nSPS) is 10.2. The van der Waals surface area contributed by atoms with E-state index in [4.69, 9.17) is 0 Å². The van der Waals surface area contributed by atoms with Crippen LogP contribution in [0.4, 0.5) is 4.39 Å². The average Bonchev–Trinajstić information content (AvgIpc) is 2.95. The van der Waals surface area contributed by atoms with Crippen LogP contribution in [0.5, 0.6) is 0 Å². The van der Waals surface area contributed by atoms with Gasteiger partial charge in [0.15, 0.2) is 0 Å². The molecule has 1 heterocycles. The number of hydrogen-bond donors (Lipinski definition) is 2. The molecule has 0 aliphatic rings. The number of amides is 2. The molecule has 0 fully saturated rings. The number of likely N-dealkylation sites (N-methyl/N-ethyl adjacent to an activating group) is 1. The predicted molar refractivity (Wildman–Crippen MR) is 74.5 cm³/mol. The molecule has 0 saturated carbocycles. The van der Waals surface area contributed by atoms with Crippen molar-refractivity contribution >= 4 is 11.8 Å². The number of hydrogen-bond acceptors (Lipinski definition) is 3. The summed E-state index contributed by atoms with van der Waals surface area (Å²) in [6, 6.07) is 5.67. The van der Waals surface area contributed by atoms with Crippen LogP contribution in [-0.2, 0) is 4.79 Å². The third kappa shape index (κ3) is 3.65. The van der Waals surface area contributed by atoms with Crippen molar-refractivity contribution in [1.82, 2.24) is 20.2 Å². The van der Waals surface area contributed by atoms with Crippen LogP contribution < -0.4 is 10.6 Å². The van der Waals surface area contributed by atoms with Crippen LogP contribution in [0.1, 0.15) is 17.4 Å². The maximum absolute atomic E-state index is 12.9. The van der Waals surface area contributed by atoms with Gasteiger partial charge in [-0.05, 0) is 31.2 Å². The van der Waals surface area contributed by atoms with E-state index in [0.717, 1.165) is 0 Å². The highest BCUT2D eigenvalue weighted by Crippen LogP contribution is 2.12. The van der Waals surface area contributed by atoms with E-state index in [1.54, 1.807) is 6.92 Å². The van der Waals surface area contributed by atoms with Crippen molar-refractivity contribution in [2.24, 2.45) is 0 Å². The molecule has 2 amide bonds. The summed E-state index contributed by atoms with van der Waals surface area (Å²) in [7, 11) is 0. The van der Waals surface area contributed by atoms with E-state index in [9.17, 15) is 14.0 Å². The predicted octanol–water partition coefficient (Wildman–Crippen LogP) is 0.877. The molecular formula is C14H15FN4O2. The summed E-state index contributed by atoms with van der Waals surface area (Å²) in [6.45, 7) is 2.19. The lowest BCUT2D eigenvalue weighted by Gasteiger charge is -2.08. The van der Waals surface area contributed by atoms with Gasteiger partial charge in [0.2, 0.25) is 5.91 Å². The molecule has 21 heavy (non-hydrogen) atoms. The number of halogens is 1. The summed E-state index contributed by atoms with van der Waals surface area (Å²) in [5, 5.41) is 5.09. The summed E-state index contributed by atoms with van der Waals surface area (Å²) in [5.74, 6) is -1.05. The van der Waals surface area contributed by atoms with Crippen LogP contribution in [-0.4, -0.2) is 34.5 Å². The molecule has 0 aliphatic carbocycles. The Kier molecular flexibility index (Phi) is 4.65. The zero-order chi connectivity index (χ0) is 15.2. The first-order valence-electron chi connectivity index (χ1n) is 6.45. The fourth-order valence-electron chi connectivity index (χ4n) is 1.78. The highest BCUT2D eigenvalue weighted by molar-refractivity contribution is 5.95. The zero-order valence-corrected chi connectivity index (χ0v) is 11.5. The monoisotopic (exact) mass is 290 g/mol. The van der Waals surface area contributed by atoms with Crippen LogP contribution in [0.3, 0.4) is 0 Å². The molecule has 2 rings (SSSR count). The molecule has 1 aromatic heterocycles. The summed E-state index contributed by atoms with van der Waals surface area (Å²) >= 11 is 0. The third-order valence-electron chi connectivity index (χ3n) is 2.76. The molecule has 0 atom stereocenters. The number of nitrogens with zero attached hydrogens (tertiary/aromatic N) is 2. The largest absolute Gasteiger partial charge is 0.355 e. The lowest BCUT2D eigenvalue weighted by Crippen LogP contribution is -2.37.